The van der Waals surface area contributed by atoms with Crippen molar-refractivity contribution in [3.63, 3.8) is 0 Å². The summed E-state index contributed by atoms with van der Waals surface area (Å²) in [4.78, 5) is 4.63. The molecule has 3 rings (SSSR count). The Balaban J connectivity index is 0.00000208. The molecule has 1 aromatic carbocycles. The highest BCUT2D eigenvalue weighted by molar-refractivity contribution is 14.0. The SMILES string of the molecule is I.NC(=NCC1(c2ccccc2)CCOCC1)NCC1CCCO1. The first-order valence-corrected chi connectivity index (χ1v) is 8.57. The molecule has 0 spiro atoms. The van der Waals surface area contributed by atoms with Crippen molar-refractivity contribution >= 4 is 29.9 Å². The van der Waals surface area contributed by atoms with Crippen molar-refractivity contribution < 1.29 is 9.47 Å². The average Bonchev–Trinajstić information content (AvgIpc) is 3.13. The van der Waals surface area contributed by atoms with E-state index in [-0.39, 0.29) is 35.5 Å². The minimum absolute atomic E-state index is 0. The topological polar surface area (TPSA) is 68.9 Å². The highest BCUT2D eigenvalue weighted by atomic mass is 127. The predicted octanol–water partition coefficient (Wildman–Crippen LogP) is 2.44. The Labute approximate surface area is 161 Å². The number of aliphatic imine (C=N–C) groups is 1. The summed E-state index contributed by atoms with van der Waals surface area (Å²) in [5, 5.41) is 3.20. The molecule has 2 heterocycles. The third-order valence-corrected chi connectivity index (χ3v) is 4.92. The molecule has 1 unspecified atom stereocenters. The van der Waals surface area contributed by atoms with Crippen LogP contribution in [0.4, 0.5) is 0 Å². The molecule has 2 fully saturated rings. The van der Waals surface area contributed by atoms with Crippen LogP contribution in [-0.2, 0) is 14.9 Å². The first kappa shape index (κ1) is 19.5. The van der Waals surface area contributed by atoms with Gasteiger partial charge in [-0.1, -0.05) is 30.3 Å². The average molecular weight is 445 g/mol. The second-order valence-electron chi connectivity index (χ2n) is 6.48. The first-order valence-electron chi connectivity index (χ1n) is 8.57. The Kier molecular flexibility index (Phi) is 7.77. The summed E-state index contributed by atoms with van der Waals surface area (Å²) in [6.45, 7) is 3.88. The second kappa shape index (κ2) is 9.58. The van der Waals surface area contributed by atoms with Gasteiger partial charge >= 0.3 is 0 Å². The van der Waals surface area contributed by atoms with Gasteiger partial charge in [-0.05, 0) is 31.2 Å². The van der Waals surface area contributed by atoms with E-state index in [9.17, 15) is 0 Å². The van der Waals surface area contributed by atoms with Gasteiger partial charge in [0, 0.05) is 31.8 Å². The van der Waals surface area contributed by atoms with Crippen molar-refractivity contribution in [2.45, 2.75) is 37.2 Å². The van der Waals surface area contributed by atoms with Crippen LogP contribution in [0.1, 0.15) is 31.2 Å². The van der Waals surface area contributed by atoms with Crippen molar-refractivity contribution in [3.8, 4) is 0 Å². The molecule has 1 aromatic rings. The third-order valence-electron chi connectivity index (χ3n) is 4.92. The molecule has 134 valence electrons. The molecule has 24 heavy (non-hydrogen) atoms. The molecule has 6 heteroatoms. The van der Waals surface area contributed by atoms with Gasteiger partial charge in [-0.2, -0.15) is 0 Å². The molecule has 2 aliphatic heterocycles. The number of hydrogen-bond acceptors (Lipinski definition) is 3. The lowest BCUT2D eigenvalue weighted by molar-refractivity contribution is 0.0531. The maximum atomic E-state index is 6.06. The molecule has 0 saturated carbocycles. The Morgan fingerprint density at radius 2 is 1.96 bits per heavy atom. The van der Waals surface area contributed by atoms with Crippen molar-refractivity contribution in [1.29, 1.82) is 0 Å². The van der Waals surface area contributed by atoms with Gasteiger partial charge in [0.05, 0.1) is 12.6 Å². The fourth-order valence-electron chi connectivity index (χ4n) is 3.41. The zero-order valence-electron chi connectivity index (χ0n) is 14.1. The number of ether oxygens (including phenoxy) is 2. The van der Waals surface area contributed by atoms with Crippen LogP contribution in [0.2, 0.25) is 0 Å². The Morgan fingerprint density at radius 1 is 1.21 bits per heavy atom. The standard InChI is InChI=1S/C18H27N3O2.HI/c19-17(20-13-16-7-4-10-23-16)21-14-18(8-11-22-12-9-18)15-5-2-1-3-6-15;/h1-3,5-6,16H,4,7-14H2,(H3,19,20,21);1H. The number of nitrogens with one attached hydrogen (secondary N) is 1. The number of nitrogens with zero attached hydrogens (tertiary/aromatic N) is 1. The van der Waals surface area contributed by atoms with Gasteiger partial charge in [0.15, 0.2) is 5.96 Å². The van der Waals surface area contributed by atoms with Crippen LogP contribution in [0.25, 0.3) is 0 Å². The van der Waals surface area contributed by atoms with Crippen molar-refractivity contribution in [2.24, 2.45) is 10.7 Å². The lowest BCUT2D eigenvalue weighted by atomic mass is 9.74. The van der Waals surface area contributed by atoms with E-state index in [2.05, 4.69) is 40.6 Å². The molecule has 0 aliphatic carbocycles. The maximum Gasteiger partial charge on any atom is 0.188 e. The highest BCUT2D eigenvalue weighted by Crippen LogP contribution is 2.35. The lowest BCUT2D eigenvalue weighted by Crippen LogP contribution is -2.41. The van der Waals surface area contributed by atoms with Crippen molar-refractivity contribution in [2.75, 3.05) is 32.9 Å². The number of rotatable bonds is 5. The molecular formula is C18H28IN3O2. The summed E-state index contributed by atoms with van der Waals surface area (Å²) < 4.78 is 11.2. The van der Waals surface area contributed by atoms with E-state index in [1.807, 2.05) is 0 Å². The summed E-state index contributed by atoms with van der Waals surface area (Å²) in [6.07, 6.45) is 4.49. The summed E-state index contributed by atoms with van der Waals surface area (Å²) in [6, 6.07) is 10.6. The Morgan fingerprint density at radius 3 is 2.62 bits per heavy atom. The molecule has 2 saturated heterocycles. The van der Waals surface area contributed by atoms with Gasteiger partial charge in [0.1, 0.15) is 0 Å². The van der Waals surface area contributed by atoms with Crippen LogP contribution in [-0.4, -0.2) is 45.0 Å². The van der Waals surface area contributed by atoms with E-state index >= 15 is 0 Å². The van der Waals surface area contributed by atoms with Gasteiger partial charge in [0.25, 0.3) is 0 Å². The molecule has 0 bridgehead atoms. The zero-order valence-corrected chi connectivity index (χ0v) is 16.4. The smallest absolute Gasteiger partial charge is 0.188 e. The zero-order chi connectivity index (χ0) is 16.0. The van der Waals surface area contributed by atoms with Gasteiger partial charge < -0.3 is 20.5 Å². The summed E-state index contributed by atoms with van der Waals surface area (Å²) >= 11 is 0. The van der Waals surface area contributed by atoms with E-state index in [4.69, 9.17) is 15.2 Å². The van der Waals surface area contributed by atoms with E-state index in [0.717, 1.165) is 52.0 Å². The number of nitrogens with two attached hydrogens (primary N) is 1. The van der Waals surface area contributed by atoms with Crippen LogP contribution in [0.3, 0.4) is 0 Å². The van der Waals surface area contributed by atoms with E-state index in [1.54, 1.807) is 0 Å². The van der Waals surface area contributed by atoms with Crippen LogP contribution >= 0.6 is 24.0 Å². The fraction of sp³-hybridized carbons (Fsp3) is 0.611. The van der Waals surface area contributed by atoms with Crippen LogP contribution in [0.15, 0.2) is 35.3 Å². The monoisotopic (exact) mass is 445 g/mol. The molecule has 1 atom stereocenters. The van der Waals surface area contributed by atoms with Gasteiger partial charge in [0.2, 0.25) is 0 Å². The van der Waals surface area contributed by atoms with Crippen molar-refractivity contribution in [1.82, 2.24) is 5.32 Å². The largest absolute Gasteiger partial charge is 0.381 e. The molecule has 0 aromatic heterocycles. The van der Waals surface area contributed by atoms with E-state index in [1.165, 1.54) is 5.56 Å². The summed E-state index contributed by atoms with van der Waals surface area (Å²) in [7, 11) is 0. The Hall–Kier alpha value is -0.860. The number of halogens is 1. The molecule has 5 nitrogen and oxygen atoms in total. The number of hydrogen-bond donors (Lipinski definition) is 2. The molecule has 0 radical (unpaired) electrons. The summed E-state index contributed by atoms with van der Waals surface area (Å²) in [5.41, 5.74) is 7.43. The van der Waals surface area contributed by atoms with Crippen LogP contribution in [0, 0.1) is 0 Å². The maximum absolute atomic E-state index is 6.06. The van der Waals surface area contributed by atoms with Crippen LogP contribution < -0.4 is 11.1 Å². The van der Waals surface area contributed by atoms with Crippen LogP contribution in [0.5, 0.6) is 0 Å². The molecule has 0 amide bonds. The molecule has 3 N–H and O–H groups in total. The first-order chi connectivity index (χ1) is 11.3. The summed E-state index contributed by atoms with van der Waals surface area (Å²) in [5.74, 6) is 0.516. The molecule has 2 aliphatic rings. The Bertz CT molecular complexity index is 512. The normalized spacial score (nSPS) is 23.5. The second-order valence-corrected chi connectivity index (χ2v) is 6.48. The van der Waals surface area contributed by atoms with Gasteiger partial charge in [-0.15, -0.1) is 24.0 Å². The highest BCUT2D eigenvalue weighted by Gasteiger charge is 2.34. The quantitative estimate of drug-likeness (QED) is 0.415. The van der Waals surface area contributed by atoms with Gasteiger partial charge in [-0.3, -0.25) is 4.99 Å². The third kappa shape index (κ3) is 5.07. The van der Waals surface area contributed by atoms with Crippen molar-refractivity contribution in [3.05, 3.63) is 35.9 Å². The van der Waals surface area contributed by atoms with E-state index < -0.39 is 0 Å². The number of guanidine groups is 1. The van der Waals surface area contributed by atoms with E-state index in [0.29, 0.717) is 12.5 Å². The predicted molar refractivity (Wildman–Crippen MR) is 107 cm³/mol. The van der Waals surface area contributed by atoms with Gasteiger partial charge in [-0.25, -0.2) is 0 Å². The minimum atomic E-state index is 0. The molecular weight excluding hydrogens is 417 g/mol. The number of benzene rings is 1. The minimum Gasteiger partial charge on any atom is -0.381 e. The lowest BCUT2D eigenvalue weighted by Gasteiger charge is -2.36. The fourth-order valence-corrected chi connectivity index (χ4v) is 3.41.